The summed E-state index contributed by atoms with van der Waals surface area (Å²) in [7, 11) is 0. The molecule has 0 radical (unpaired) electrons. The Kier molecular flexibility index (Phi) is 3.49. The topological polar surface area (TPSA) is 137 Å². The van der Waals surface area contributed by atoms with Gasteiger partial charge in [0.05, 0.1) is 11.4 Å². The molecule has 10 heteroatoms. The van der Waals surface area contributed by atoms with Gasteiger partial charge in [0, 0.05) is 5.56 Å². The SMILES string of the molecule is Cc1nnn(-c2nonc2N)c1C(=O)N/N=C1\CCc2ccccc21. The minimum atomic E-state index is -0.471. The molecule has 2 aromatic heterocycles. The smallest absolute Gasteiger partial charge is 0.292 e. The number of carbonyl (C=O) groups excluding carboxylic acids is 1. The zero-order chi connectivity index (χ0) is 17.4. The zero-order valence-corrected chi connectivity index (χ0v) is 13.3. The highest BCUT2D eigenvalue weighted by Gasteiger charge is 2.23. The molecule has 3 N–H and O–H groups in total. The molecule has 4 rings (SSSR count). The van der Waals surface area contributed by atoms with Crippen LogP contribution in [0.15, 0.2) is 34.0 Å². The van der Waals surface area contributed by atoms with Crippen LogP contribution in [-0.4, -0.2) is 36.9 Å². The Balaban J connectivity index is 1.62. The normalized spacial score (nSPS) is 14.7. The number of fused-ring (bicyclic) bond motifs is 1. The average Bonchev–Trinajstić information content (AvgIpc) is 3.31. The molecule has 0 atom stereocenters. The van der Waals surface area contributed by atoms with Gasteiger partial charge in [-0.2, -0.15) is 9.78 Å². The number of nitrogen functional groups attached to an aromatic ring is 1. The molecule has 1 amide bonds. The third kappa shape index (κ3) is 2.53. The highest BCUT2D eigenvalue weighted by Crippen LogP contribution is 2.22. The summed E-state index contributed by atoms with van der Waals surface area (Å²) in [6.07, 6.45) is 1.68. The number of hydrogen-bond donors (Lipinski definition) is 2. The van der Waals surface area contributed by atoms with Crippen molar-refractivity contribution in [3.8, 4) is 5.82 Å². The Morgan fingerprint density at radius 1 is 1.32 bits per heavy atom. The van der Waals surface area contributed by atoms with Gasteiger partial charge in [-0.15, -0.1) is 5.10 Å². The number of aryl methyl sites for hydroxylation is 2. The van der Waals surface area contributed by atoms with Crippen LogP contribution in [0.3, 0.4) is 0 Å². The van der Waals surface area contributed by atoms with E-state index < -0.39 is 5.91 Å². The quantitative estimate of drug-likeness (QED) is 0.668. The minimum absolute atomic E-state index is 0.00924. The number of hydrogen-bond acceptors (Lipinski definition) is 8. The number of nitrogens with zero attached hydrogens (tertiary/aromatic N) is 6. The maximum absolute atomic E-state index is 12.6. The molecule has 0 fully saturated rings. The number of rotatable bonds is 3. The van der Waals surface area contributed by atoms with Gasteiger partial charge in [-0.25, -0.2) is 10.1 Å². The van der Waals surface area contributed by atoms with Crippen LogP contribution in [0.2, 0.25) is 0 Å². The highest BCUT2D eigenvalue weighted by molar-refractivity contribution is 6.05. The Morgan fingerprint density at radius 3 is 2.96 bits per heavy atom. The largest absolute Gasteiger partial charge is 0.378 e. The minimum Gasteiger partial charge on any atom is -0.378 e. The number of carbonyl (C=O) groups is 1. The monoisotopic (exact) mass is 338 g/mol. The third-order valence-corrected chi connectivity index (χ3v) is 4.00. The fraction of sp³-hybridized carbons (Fsp3) is 0.200. The molecule has 1 aromatic carbocycles. The molecule has 25 heavy (non-hydrogen) atoms. The summed E-state index contributed by atoms with van der Waals surface area (Å²) in [6, 6.07) is 7.99. The van der Waals surface area contributed by atoms with Crippen LogP contribution >= 0.6 is 0 Å². The van der Waals surface area contributed by atoms with Gasteiger partial charge in [0.2, 0.25) is 11.6 Å². The van der Waals surface area contributed by atoms with Crippen LogP contribution in [0.4, 0.5) is 5.82 Å². The lowest BCUT2D eigenvalue weighted by molar-refractivity contribution is 0.0946. The molecular formula is C15H14N8O2. The lowest BCUT2D eigenvalue weighted by atomic mass is 10.1. The summed E-state index contributed by atoms with van der Waals surface area (Å²) >= 11 is 0. The molecule has 10 nitrogen and oxygen atoms in total. The van der Waals surface area contributed by atoms with Crippen molar-refractivity contribution in [2.45, 2.75) is 19.8 Å². The maximum atomic E-state index is 12.6. The fourth-order valence-electron chi connectivity index (χ4n) is 2.80. The number of hydrazone groups is 1. The number of benzene rings is 1. The Bertz CT molecular complexity index is 987. The number of amides is 1. The molecule has 2 heterocycles. The van der Waals surface area contributed by atoms with Gasteiger partial charge in [0.15, 0.2) is 5.69 Å². The van der Waals surface area contributed by atoms with Crippen LogP contribution in [0.25, 0.3) is 5.82 Å². The summed E-state index contributed by atoms with van der Waals surface area (Å²) in [6.45, 7) is 1.65. The zero-order valence-electron chi connectivity index (χ0n) is 13.3. The summed E-state index contributed by atoms with van der Waals surface area (Å²) in [5, 5.41) is 19.1. The summed E-state index contributed by atoms with van der Waals surface area (Å²) in [5.74, 6) is -0.360. The molecule has 1 aliphatic rings. The Hall–Kier alpha value is -3.56. The van der Waals surface area contributed by atoms with Crippen LogP contribution in [0, 0.1) is 6.92 Å². The van der Waals surface area contributed by atoms with E-state index in [-0.39, 0.29) is 17.3 Å². The molecule has 1 aliphatic carbocycles. The average molecular weight is 338 g/mol. The van der Waals surface area contributed by atoms with E-state index in [1.54, 1.807) is 6.92 Å². The fourth-order valence-corrected chi connectivity index (χ4v) is 2.80. The van der Waals surface area contributed by atoms with Crippen molar-refractivity contribution in [1.82, 2.24) is 30.7 Å². The van der Waals surface area contributed by atoms with Gasteiger partial charge in [-0.05, 0) is 35.6 Å². The number of aromatic nitrogens is 5. The second kappa shape index (κ2) is 5.82. The third-order valence-electron chi connectivity index (χ3n) is 4.00. The van der Waals surface area contributed by atoms with Gasteiger partial charge in [0.25, 0.3) is 5.91 Å². The van der Waals surface area contributed by atoms with E-state index in [1.807, 2.05) is 18.2 Å². The van der Waals surface area contributed by atoms with Crippen LogP contribution in [0.1, 0.15) is 33.7 Å². The first-order valence-electron chi connectivity index (χ1n) is 7.61. The van der Waals surface area contributed by atoms with Crippen LogP contribution in [0.5, 0.6) is 0 Å². The van der Waals surface area contributed by atoms with E-state index in [4.69, 9.17) is 5.73 Å². The Labute approximate surface area is 141 Å². The molecule has 0 saturated heterocycles. The van der Waals surface area contributed by atoms with E-state index in [9.17, 15) is 4.79 Å². The molecule has 0 saturated carbocycles. The van der Waals surface area contributed by atoms with E-state index in [2.05, 4.69) is 41.8 Å². The number of anilines is 1. The van der Waals surface area contributed by atoms with Crippen molar-refractivity contribution in [3.05, 3.63) is 46.8 Å². The van der Waals surface area contributed by atoms with Crippen LogP contribution in [-0.2, 0) is 6.42 Å². The number of nitrogens with one attached hydrogen (secondary N) is 1. The molecule has 0 unspecified atom stereocenters. The van der Waals surface area contributed by atoms with Gasteiger partial charge < -0.3 is 5.73 Å². The van der Waals surface area contributed by atoms with Gasteiger partial charge in [0.1, 0.15) is 0 Å². The lowest BCUT2D eigenvalue weighted by Gasteiger charge is -2.04. The van der Waals surface area contributed by atoms with E-state index in [0.29, 0.717) is 5.69 Å². The predicted octanol–water partition coefficient (Wildman–Crippen LogP) is 0.621. The van der Waals surface area contributed by atoms with Crippen molar-refractivity contribution in [3.63, 3.8) is 0 Å². The van der Waals surface area contributed by atoms with Crippen molar-refractivity contribution in [1.29, 1.82) is 0 Å². The van der Waals surface area contributed by atoms with Gasteiger partial charge in [-0.1, -0.05) is 29.5 Å². The summed E-state index contributed by atoms with van der Waals surface area (Å²) in [5.41, 5.74) is 11.9. The summed E-state index contributed by atoms with van der Waals surface area (Å²) in [4.78, 5) is 12.6. The van der Waals surface area contributed by atoms with Crippen LogP contribution < -0.4 is 11.2 Å². The van der Waals surface area contributed by atoms with Crippen molar-refractivity contribution < 1.29 is 9.42 Å². The molecule has 126 valence electrons. The number of nitrogens with two attached hydrogens (primary N) is 1. The first-order valence-corrected chi connectivity index (χ1v) is 7.61. The van der Waals surface area contributed by atoms with Gasteiger partial charge >= 0.3 is 0 Å². The molecule has 3 aromatic rings. The first kappa shape index (κ1) is 15.0. The lowest BCUT2D eigenvalue weighted by Crippen LogP contribution is -2.24. The maximum Gasteiger partial charge on any atom is 0.292 e. The standard InChI is InChI=1S/C15H14N8O2/c1-8-12(23(22-17-8)14-13(16)20-25-21-14)15(24)19-18-11-7-6-9-4-2-3-5-10(9)11/h2-5H,6-7H2,1H3,(H2,16,20)(H,19,24)/b18-11+. The Morgan fingerprint density at radius 2 is 2.16 bits per heavy atom. The second-order valence-corrected chi connectivity index (χ2v) is 5.56. The first-order chi connectivity index (χ1) is 12.1. The van der Waals surface area contributed by atoms with E-state index in [0.717, 1.165) is 24.1 Å². The second-order valence-electron chi connectivity index (χ2n) is 5.56. The highest BCUT2D eigenvalue weighted by atomic mass is 16.6. The van der Waals surface area contributed by atoms with Gasteiger partial charge in [-0.3, -0.25) is 4.79 Å². The van der Waals surface area contributed by atoms with Crippen molar-refractivity contribution in [2.24, 2.45) is 5.10 Å². The predicted molar refractivity (Wildman–Crippen MR) is 87.1 cm³/mol. The van der Waals surface area contributed by atoms with Crippen molar-refractivity contribution in [2.75, 3.05) is 5.73 Å². The van der Waals surface area contributed by atoms with E-state index in [1.165, 1.54) is 10.2 Å². The molecule has 0 aliphatic heterocycles. The molecule has 0 spiro atoms. The summed E-state index contributed by atoms with van der Waals surface area (Å²) < 4.78 is 5.73. The van der Waals surface area contributed by atoms with E-state index >= 15 is 0 Å². The molecular weight excluding hydrogens is 324 g/mol. The van der Waals surface area contributed by atoms with Crippen molar-refractivity contribution >= 4 is 17.4 Å². The molecule has 0 bridgehead atoms.